The van der Waals surface area contributed by atoms with Crippen LogP contribution in [0.3, 0.4) is 0 Å². The Morgan fingerprint density at radius 3 is 2.70 bits per heavy atom. The van der Waals surface area contributed by atoms with Gasteiger partial charge in [0.15, 0.2) is 0 Å². The van der Waals surface area contributed by atoms with Crippen LogP contribution in [0.15, 0.2) is 29.1 Å². The maximum Gasteiger partial charge on any atom is 0.419 e. The molecule has 2 aromatic heterocycles. The first-order valence-electron chi connectivity index (χ1n) is 5.80. The summed E-state index contributed by atoms with van der Waals surface area (Å²) >= 11 is 3.00. The normalized spacial score (nSPS) is 11.7. The second-order valence-electron chi connectivity index (χ2n) is 4.25. The molecule has 2 heterocycles. The summed E-state index contributed by atoms with van der Waals surface area (Å²) in [7, 11) is 1.79. The van der Waals surface area contributed by atoms with Gasteiger partial charge in [-0.25, -0.2) is 4.98 Å². The number of nitrogens with zero attached hydrogens (tertiary/aromatic N) is 3. The highest BCUT2D eigenvalue weighted by atomic mass is 79.9. The van der Waals surface area contributed by atoms with Crippen molar-refractivity contribution in [1.82, 2.24) is 14.8 Å². The van der Waals surface area contributed by atoms with E-state index in [2.05, 4.69) is 31.3 Å². The molecule has 0 spiro atoms. The molecule has 108 valence electrons. The van der Waals surface area contributed by atoms with E-state index in [-0.39, 0.29) is 5.82 Å². The van der Waals surface area contributed by atoms with E-state index >= 15 is 0 Å². The van der Waals surface area contributed by atoms with Crippen molar-refractivity contribution in [1.29, 1.82) is 0 Å². The molecular weight excluding hydrogens is 337 g/mol. The zero-order valence-electron chi connectivity index (χ0n) is 10.6. The van der Waals surface area contributed by atoms with Crippen molar-refractivity contribution in [3.63, 3.8) is 0 Å². The third kappa shape index (κ3) is 3.72. The smallest absolute Gasteiger partial charge is 0.369 e. The number of rotatable bonds is 4. The van der Waals surface area contributed by atoms with Gasteiger partial charge in [0.25, 0.3) is 0 Å². The molecule has 8 heteroatoms. The lowest BCUT2D eigenvalue weighted by Crippen LogP contribution is -2.14. The van der Waals surface area contributed by atoms with E-state index in [0.29, 0.717) is 17.4 Å². The Balaban J connectivity index is 2.06. The third-order valence-electron chi connectivity index (χ3n) is 2.62. The molecule has 0 aliphatic rings. The Kier molecular flexibility index (Phi) is 4.32. The number of aromatic nitrogens is 3. The lowest BCUT2D eigenvalue weighted by molar-refractivity contribution is -0.137. The molecule has 20 heavy (non-hydrogen) atoms. The minimum absolute atomic E-state index is 0.162. The van der Waals surface area contributed by atoms with E-state index in [9.17, 15) is 13.2 Å². The lowest BCUT2D eigenvalue weighted by Gasteiger charge is -2.13. The van der Waals surface area contributed by atoms with E-state index in [1.807, 2.05) is 6.20 Å². The van der Waals surface area contributed by atoms with Gasteiger partial charge in [-0.15, -0.1) is 0 Å². The maximum absolute atomic E-state index is 12.9. The number of halogens is 4. The van der Waals surface area contributed by atoms with Gasteiger partial charge in [-0.1, -0.05) is 0 Å². The van der Waals surface area contributed by atoms with Crippen molar-refractivity contribution in [2.24, 2.45) is 7.05 Å². The zero-order chi connectivity index (χ0) is 14.8. The van der Waals surface area contributed by atoms with E-state index in [0.717, 1.165) is 11.6 Å². The van der Waals surface area contributed by atoms with Gasteiger partial charge in [0.1, 0.15) is 5.82 Å². The van der Waals surface area contributed by atoms with Gasteiger partial charge >= 0.3 is 6.18 Å². The minimum atomic E-state index is -4.44. The molecule has 0 aromatic carbocycles. The zero-order valence-corrected chi connectivity index (χ0v) is 12.2. The van der Waals surface area contributed by atoms with Crippen LogP contribution in [0.1, 0.15) is 11.1 Å². The average molecular weight is 349 g/mol. The fourth-order valence-corrected chi connectivity index (χ4v) is 2.05. The van der Waals surface area contributed by atoms with Crippen LogP contribution in [0.2, 0.25) is 0 Å². The van der Waals surface area contributed by atoms with Gasteiger partial charge in [-0.05, 0) is 34.0 Å². The van der Waals surface area contributed by atoms with Crippen LogP contribution in [-0.4, -0.2) is 21.3 Å². The quantitative estimate of drug-likeness (QED) is 0.922. The van der Waals surface area contributed by atoms with Gasteiger partial charge in [-0.2, -0.15) is 18.3 Å². The van der Waals surface area contributed by atoms with Crippen LogP contribution < -0.4 is 5.32 Å². The first-order chi connectivity index (χ1) is 9.36. The first kappa shape index (κ1) is 14.8. The summed E-state index contributed by atoms with van der Waals surface area (Å²) in [5.41, 5.74) is 0.170. The molecule has 2 aromatic rings. The lowest BCUT2D eigenvalue weighted by atomic mass is 10.2. The topological polar surface area (TPSA) is 42.7 Å². The van der Waals surface area contributed by atoms with Gasteiger partial charge < -0.3 is 5.32 Å². The second-order valence-corrected chi connectivity index (χ2v) is 5.16. The van der Waals surface area contributed by atoms with Crippen molar-refractivity contribution < 1.29 is 13.2 Å². The van der Waals surface area contributed by atoms with Crippen LogP contribution in [0, 0.1) is 0 Å². The molecular formula is C12H12BrF3N4. The average Bonchev–Trinajstić information content (AvgIpc) is 2.76. The molecule has 0 atom stereocenters. The molecule has 0 saturated carbocycles. The molecule has 1 N–H and O–H groups in total. The Morgan fingerprint density at radius 2 is 2.10 bits per heavy atom. The predicted octanol–water partition coefficient (Wildman–Crippen LogP) is 3.25. The van der Waals surface area contributed by atoms with Gasteiger partial charge in [0.2, 0.25) is 0 Å². The van der Waals surface area contributed by atoms with Crippen molar-refractivity contribution in [2.75, 3.05) is 11.9 Å². The summed E-state index contributed by atoms with van der Waals surface area (Å²) < 4.78 is 40.5. The first-order valence-corrected chi connectivity index (χ1v) is 6.59. The van der Waals surface area contributed by atoms with E-state index < -0.39 is 11.7 Å². The van der Waals surface area contributed by atoms with Crippen LogP contribution in [0.5, 0.6) is 0 Å². The molecule has 0 amide bonds. The number of aryl methyl sites for hydroxylation is 1. The highest BCUT2D eigenvalue weighted by Gasteiger charge is 2.34. The van der Waals surface area contributed by atoms with Crippen LogP contribution >= 0.6 is 15.9 Å². The Morgan fingerprint density at radius 1 is 1.35 bits per heavy atom. The minimum Gasteiger partial charge on any atom is -0.369 e. The van der Waals surface area contributed by atoms with Crippen LogP contribution in [-0.2, 0) is 19.6 Å². The molecule has 0 aliphatic carbocycles. The summed E-state index contributed by atoms with van der Waals surface area (Å²) in [6.45, 7) is 0.351. The highest BCUT2D eigenvalue weighted by Crippen LogP contribution is 2.35. The van der Waals surface area contributed by atoms with Crippen molar-refractivity contribution in [3.8, 4) is 0 Å². The Labute approximate surface area is 122 Å². The van der Waals surface area contributed by atoms with E-state index in [4.69, 9.17) is 0 Å². The molecule has 0 unspecified atom stereocenters. The summed E-state index contributed by atoms with van der Waals surface area (Å²) in [6.07, 6.45) is 0.973. The highest BCUT2D eigenvalue weighted by molar-refractivity contribution is 9.10. The van der Waals surface area contributed by atoms with Gasteiger partial charge in [0.05, 0.1) is 11.8 Å². The molecule has 0 bridgehead atoms. The maximum atomic E-state index is 12.9. The molecule has 0 saturated heterocycles. The fraction of sp³-hybridized carbons (Fsp3) is 0.333. The number of pyridine rings is 1. The van der Waals surface area contributed by atoms with E-state index in [1.165, 1.54) is 6.20 Å². The number of nitrogens with one attached hydrogen (secondary N) is 1. The van der Waals surface area contributed by atoms with Crippen LogP contribution in [0.25, 0.3) is 0 Å². The number of hydrogen-bond donors (Lipinski definition) is 1. The van der Waals surface area contributed by atoms with Gasteiger partial charge in [0, 0.05) is 30.5 Å². The van der Waals surface area contributed by atoms with Crippen molar-refractivity contribution >= 4 is 21.7 Å². The molecule has 0 fully saturated rings. The second kappa shape index (κ2) is 5.82. The summed E-state index contributed by atoms with van der Waals surface area (Å²) in [6, 6.07) is 1.01. The molecule has 2 rings (SSSR count). The summed E-state index contributed by atoms with van der Waals surface area (Å²) in [5.74, 6) is -0.162. The summed E-state index contributed by atoms with van der Waals surface area (Å²) in [4.78, 5) is 3.78. The van der Waals surface area contributed by atoms with Gasteiger partial charge in [-0.3, -0.25) is 4.68 Å². The standard InChI is InChI=1S/C12H12BrF3N4/c1-20-7-8(5-19-20)2-3-17-11-10(12(14,15)16)4-9(13)6-18-11/h4-7H,2-3H2,1H3,(H,17,18). The monoisotopic (exact) mass is 348 g/mol. The SMILES string of the molecule is Cn1cc(CCNc2ncc(Br)cc2C(F)(F)F)cn1. The van der Waals surface area contributed by atoms with Crippen molar-refractivity contribution in [2.45, 2.75) is 12.6 Å². The Bertz CT molecular complexity index is 595. The molecule has 0 aliphatic heterocycles. The van der Waals surface area contributed by atoms with E-state index in [1.54, 1.807) is 17.9 Å². The predicted molar refractivity (Wildman–Crippen MR) is 72.3 cm³/mol. The number of alkyl halides is 3. The number of anilines is 1. The van der Waals surface area contributed by atoms with Crippen molar-refractivity contribution in [3.05, 3.63) is 40.3 Å². The Hall–Kier alpha value is -1.57. The fourth-order valence-electron chi connectivity index (χ4n) is 1.72. The number of hydrogen-bond acceptors (Lipinski definition) is 3. The third-order valence-corrected chi connectivity index (χ3v) is 3.06. The van der Waals surface area contributed by atoms with Crippen LogP contribution in [0.4, 0.5) is 19.0 Å². The molecule has 4 nitrogen and oxygen atoms in total. The largest absolute Gasteiger partial charge is 0.419 e. The summed E-state index contributed by atoms with van der Waals surface area (Å²) in [5, 5.41) is 6.71. The molecule has 0 radical (unpaired) electrons.